The number of hydrogen-bond donors (Lipinski definition) is 9. The maximum Gasteiger partial charge on any atom is 0.218 e. The average molecular weight is 2770 g/mol. The van der Waals surface area contributed by atoms with E-state index >= 15 is 0 Å². The Kier molecular flexibility index (Phi) is 301. The van der Waals surface area contributed by atoms with Gasteiger partial charge < -0.3 is 69.6 Å². The van der Waals surface area contributed by atoms with Crippen LogP contribution in [0.1, 0.15) is 55.4 Å². The van der Waals surface area contributed by atoms with Crippen LogP contribution in [-0.4, -0.2) is 139 Å². The summed E-state index contributed by atoms with van der Waals surface area (Å²) < 4.78 is 25.3. The second-order valence-corrected chi connectivity index (χ2v) is 9.25. The van der Waals surface area contributed by atoms with E-state index in [1.807, 2.05) is 0 Å². The van der Waals surface area contributed by atoms with E-state index in [4.69, 9.17) is 23.7 Å². The third-order valence-corrected chi connectivity index (χ3v) is 6.64. The van der Waals surface area contributed by atoms with E-state index in [-0.39, 0.29) is 818 Å². The van der Waals surface area contributed by atoms with Crippen molar-refractivity contribution in [2.45, 2.75) is 127 Å². The zero-order valence-electron chi connectivity index (χ0n) is 38.1. The molecule has 62 heavy (non-hydrogen) atoms. The van der Waals surface area contributed by atoms with Gasteiger partial charge in [0.05, 0.1) is 0 Å². The number of aliphatic hydroxyl groups is 9. The van der Waals surface area contributed by atoms with Gasteiger partial charge in [-0.3, -0.25) is 0 Å². The van der Waals surface area contributed by atoms with E-state index in [1.165, 1.54) is 69.8 Å². The van der Waals surface area contributed by atoms with Crippen molar-refractivity contribution in [3.63, 3.8) is 0 Å². The molecule has 0 rings (SSSR count). The topological polar surface area (TPSA) is 228 Å². The SMILES string of the molecule is COC(C)C(O)(O)C(C)OC(C)C(O)(O)C(C)O.COC(C)C(O)(OC)C(C)OC(C)C(O)(O)C(C)O.[Y].[Y].[Y].[Y].[Y].[Y].[Y].[Y].[Y].[Y].[Y].[Y].[Y].[Y].[Y].[Y].[Y].[Y].[Y].[Y].[Y].[Y].[Y].[Y].[Y]. The summed E-state index contributed by atoms with van der Waals surface area (Å²) in [5.41, 5.74) is 0. The van der Waals surface area contributed by atoms with Gasteiger partial charge in [-0.1, -0.05) is 0 Å². The van der Waals surface area contributed by atoms with Gasteiger partial charge in [0.2, 0.25) is 23.1 Å². The zero-order chi connectivity index (χ0) is 30.2. The standard InChI is InChI=1S/C12H26O7.C11H24O7.25Y/c1-7(13)11(14,15)8(2)19-10(4)12(16,18-6)9(3)17-5;1-6(12)10(13,14)8(3)18-9(4)11(15,16)7(2)17-5;;;;;;;;;;;;;;;;;;;;;;;;;/h7-10,13-16H,1-6H3;6-9,12-16H,1-5H3;;;;;;;;;;;;;;;;;;;;;;;;;. The predicted octanol–water partition coefficient (Wildman–Crippen LogP) is -2.29. The molecule has 0 spiro atoms. The Morgan fingerprint density at radius 2 is 0.452 bits per heavy atom. The molecule has 9 unspecified atom stereocenters. The van der Waals surface area contributed by atoms with Crippen LogP contribution in [0.25, 0.3) is 0 Å². The van der Waals surface area contributed by atoms with Crippen molar-refractivity contribution in [2.75, 3.05) is 21.3 Å². The first-order chi connectivity index (χ1) is 16.5. The van der Waals surface area contributed by atoms with E-state index in [2.05, 4.69) is 0 Å². The molecule has 0 aromatic heterocycles. The molecule has 25 radical (unpaired) electrons. The Bertz CT molecular complexity index is 687. The fraction of sp³-hybridized carbons (Fsp3) is 1.00. The Labute approximate surface area is 1000 Å². The molecule has 0 aliphatic carbocycles. The third-order valence-electron chi connectivity index (χ3n) is 6.64. The minimum atomic E-state index is -2.49. The first-order valence-corrected chi connectivity index (χ1v) is 11.9. The van der Waals surface area contributed by atoms with Gasteiger partial charge in [0.1, 0.15) is 48.8 Å². The van der Waals surface area contributed by atoms with Crippen LogP contribution in [0.5, 0.6) is 0 Å². The van der Waals surface area contributed by atoms with Gasteiger partial charge in [-0.2, -0.15) is 0 Å². The van der Waals surface area contributed by atoms with Crippen molar-refractivity contribution < 1.29 is 887 Å². The van der Waals surface area contributed by atoms with Crippen LogP contribution in [0.4, 0.5) is 0 Å². The summed E-state index contributed by atoms with van der Waals surface area (Å²) in [5.74, 6) is -8.96. The van der Waals surface area contributed by atoms with Gasteiger partial charge in [-0.15, -0.1) is 0 Å². The summed E-state index contributed by atoms with van der Waals surface area (Å²) in [4.78, 5) is 0. The molecule has 0 saturated carbocycles. The Hall–Kier alpha value is 27.0. The minimum absolute atomic E-state index is 0. The van der Waals surface area contributed by atoms with E-state index in [0.29, 0.717) is 0 Å². The maximum absolute atomic E-state index is 10.3. The molecule has 301 valence electrons. The molecule has 0 heterocycles. The number of methoxy groups -OCH3 is 3. The zero-order valence-corrected chi connectivity index (χ0v) is 109. The summed E-state index contributed by atoms with van der Waals surface area (Å²) in [6.07, 6.45) is -8.93. The van der Waals surface area contributed by atoms with Crippen molar-refractivity contribution in [2.24, 2.45) is 0 Å². The number of ether oxygens (including phenoxy) is 5. The molecular weight excluding hydrogens is 2720 g/mol. The van der Waals surface area contributed by atoms with Crippen molar-refractivity contribution in [3.05, 3.63) is 0 Å². The molecule has 0 bridgehead atoms. The summed E-state index contributed by atoms with van der Waals surface area (Å²) in [6.45, 7) is 11.0. The molecule has 9 atom stereocenters. The normalized spacial score (nSPS) is 12.8. The first kappa shape index (κ1) is 179. The monoisotopic (exact) mass is 2770 g/mol. The fourth-order valence-electron chi connectivity index (χ4n) is 3.02. The molecule has 0 aromatic rings. The number of rotatable bonds is 15. The van der Waals surface area contributed by atoms with Crippen LogP contribution in [0, 0.1) is 0 Å². The van der Waals surface area contributed by atoms with Gasteiger partial charge in [0.25, 0.3) is 0 Å². The second-order valence-electron chi connectivity index (χ2n) is 9.25. The van der Waals surface area contributed by atoms with Gasteiger partial charge in [0.15, 0.2) is 0 Å². The van der Waals surface area contributed by atoms with Crippen LogP contribution >= 0.6 is 0 Å². The van der Waals surface area contributed by atoms with E-state index in [9.17, 15) is 46.0 Å². The summed E-state index contributed by atoms with van der Waals surface area (Å²) in [7, 11) is 4.00. The molecule has 0 amide bonds. The average Bonchev–Trinajstić information content (AvgIpc) is 2.81. The van der Waals surface area contributed by atoms with Crippen molar-refractivity contribution in [3.8, 4) is 0 Å². The van der Waals surface area contributed by atoms with Gasteiger partial charge in [0, 0.05) is 839 Å². The minimum Gasteiger partial charge on any atom is -0.388 e. The Morgan fingerprint density at radius 1 is 0.274 bits per heavy atom. The van der Waals surface area contributed by atoms with Crippen molar-refractivity contribution >= 4 is 0 Å². The number of aliphatic hydroxyl groups excluding tert-OH is 2. The fourth-order valence-corrected chi connectivity index (χ4v) is 3.02. The smallest absolute Gasteiger partial charge is 0.218 e. The second kappa shape index (κ2) is 104. The summed E-state index contributed by atoms with van der Waals surface area (Å²) in [5, 5.41) is 86.8. The largest absolute Gasteiger partial charge is 0.388 e. The predicted molar refractivity (Wildman–Crippen MR) is 130 cm³/mol. The van der Waals surface area contributed by atoms with Crippen LogP contribution in [-0.2, 0) is 841 Å². The third kappa shape index (κ3) is 79.5. The molecule has 0 saturated heterocycles. The molecule has 9 N–H and O–H groups in total. The Balaban J connectivity index is -0.0000000113. The summed E-state index contributed by atoms with van der Waals surface area (Å²) in [6, 6.07) is 0. The molecule has 0 aliphatic heterocycles. The van der Waals surface area contributed by atoms with Crippen molar-refractivity contribution in [1.82, 2.24) is 0 Å². The molecule has 14 nitrogen and oxygen atoms in total. The maximum atomic E-state index is 10.3. The summed E-state index contributed by atoms with van der Waals surface area (Å²) >= 11 is 0. The van der Waals surface area contributed by atoms with Crippen molar-refractivity contribution in [1.29, 1.82) is 0 Å². The van der Waals surface area contributed by atoms with E-state index in [0.717, 1.165) is 0 Å². The van der Waals surface area contributed by atoms with E-state index < -0.39 is 72.0 Å². The molecule has 39 heteroatoms. The molecule has 0 fully saturated rings. The van der Waals surface area contributed by atoms with Crippen LogP contribution in [0.3, 0.4) is 0 Å². The van der Waals surface area contributed by atoms with Crippen LogP contribution < -0.4 is 0 Å². The number of hydrogen-bond acceptors (Lipinski definition) is 14. The van der Waals surface area contributed by atoms with Gasteiger partial charge >= 0.3 is 0 Å². The molecule has 0 aliphatic rings. The van der Waals surface area contributed by atoms with Crippen LogP contribution in [0.2, 0.25) is 0 Å². The van der Waals surface area contributed by atoms with E-state index in [1.54, 1.807) is 6.92 Å². The molecular formula is C23H50O14Y25. The first-order valence-electron chi connectivity index (χ1n) is 11.9. The molecule has 0 aromatic carbocycles. The Morgan fingerprint density at radius 3 is 0.613 bits per heavy atom. The van der Waals surface area contributed by atoms with Gasteiger partial charge in [-0.25, -0.2) is 0 Å². The quantitative estimate of drug-likeness (QED) is 0.0788. The van der Waals surface area contributed by atoms with Crippen LogP contribution in [0.15, 0.2) is 0 Å². The van der Waals surface area contributed by atoms with Gasteiger partial charge in [-0.05, 0) is 55.4 Å².